The first kappa shape index (κ1) is 19.3. The van der Waals surface area contributed by atoms with Gasteiger partial charge in [-0.2, -0.15) is 0 Å². The normalized spacial score (nSPS) is 11.2. The fraction of sp³-hybridized carbons (Fsp3) is 0.250. The number of aromatic amines is 1. The molecule has 0 bridgehead atoms. The molecule has 2 N–H and O–H groups in total. The Morgan fingerprint density at radius 1 is 1.04 bits per heavy atom. The van der Waals surface area contributed by atoms with E-state index in [0.29, 0.717) is 6.54 Å². The average Bonchev–Trinajstić information content (AvgIpc) is 3.02. The number of aromatic nitrogens is 1. The number of H-pyrrole nitrogens is 1. The summed E-state index contributed by atoms with van der Waals surface area (Å²) in [6, 6.07) is 18.7. The third kappa shape index (κ3) is 5.22. The Labute approximate surface area is 166 Å². The fourth-order valence-corrected chi connectivity index (χ4v) is 2.75. The monoisotopic (exact) mass is 448 g/mol. The van der Waals surface area contributed by atoms with Crippen LogP contribution in [0.4, 0.5) is 0 Å². The first-order valence-electron chi connectivity index (χ1n) is 8.28. The van der Waals surface area contributed by atoms with E-state index in [2.05, 4.69) is 52.9 Å². The number of guanidine groups is 1. The van der Waals surface area contributed by atoms with Crippen LogP contribution in [0.25, 0.3) is 10.9 Å². The van der Waals surface area contributed by atoms with Gasteiger partial charge in [0.15, 0.2) is 5.96 Å². The minimum atomic E-state index is 0. The molecule has 1 aromatic heterocycles. The van der Waals surface area contributed by atoms with Crippen LogP contribution in [0.5, 0.6) is 0 Å². The number of rotatable bonds is 5. The molecule has 0 amide bonds. The van der Waals surface area contributed by atoms with Crippen LogP contribution < -0.4 is 5.32 Å². The van der Waals surface area contributed by atoms with E-state index in [1.807, 2.05) is 37.2 Å². The molecule has 0 aliphatic carbocycles. The van der Waals surface area contributed by atoms with Gasteiger partial charge in [0.05, 0.1) is 6.54 Å². The fourth-order valence-electron chi connectivity index (χ4n) is 2.75. The zero-order valence-electron chi connectivity index (χ0n) is 14.7. The number of hydrogen-bond acceptors (Lipinski definition) is 1. The van der Waals surface area contributed by atoms with Crippen LogP contribution >= 0.6 is 24.0 Å². The van der Waals surface area contributed by atoms with Crippen molar-refractivity contribution in [2.45, 2.75) is 13.0 Å². The maximum atomic E-state index is 4.70. The molecule has 25 heavy (non-hydrogen) atoms. The van der Waals surface area contributed by atoms with Gasteiger partial charge in [0, 0.05) is 37.7 Å². The summed E-state index contributed by atoms with van der Waals surface area (Å²) >= 11 is 0. The van der Waals surface area contributed by atoms with Crippen molar-refractivity contribution in [1.29, 1.82) is 0 Å². The summed E-state index contributed by atoms with van der Waals surface area (Å²) in [5, 5.41) is 4.75. The molecule has 2 aromatic carbocycles. The number of benzene rings is 2. The number of aliphatic imine (C=N–C) groups is 1. The second kappa shape index (κ2) is 9.46. The summed E-state index contributed by atoms with van der Waals surface area (Å²) in [5.74, 6) is 0.915. The Hall–Kier alpha value is -2.02. The Balaban J connectivity index is 0.00000225. The maximum absolute atomic E-state index is 4.70. The third-order valence-corrected chi connectivity index (χ3v) is 4.03. The van der Waals surface area contributed by atoms with Crippen LogP contribution in [0, 0.1) is 0 Å². The molecule has 0 fully saturated rings. The van der Waals surface area contributed by atoms with Gasteiger partial charge < -0.3 is 15.2 Å². The van der Waals surface area contributed by atoms with Crippen LogP contribution in [0.1, 0.15) is 11.1 Å². The van der Waals surface area contributed by atoms with Crippen LogP contribution in [0.15, 0.2) is 65.8 Å². The zero-order valence-corrected chi connectivity index (χ0v) is 17.0. The Morgan fingerprint density at radius 2 is 1.76 bits per heavy atom. The topological polar surface area (TPSA) is 43.4 Å². The minimum Gasteiger partial charge on any atom is -0.361 e. The molecule has 5 heteroatoms. The van der Waals surface area contributed by atoms with Crippen molar-refractivity contribution in [1.82, 2.24) is 15.2 Å². The lowest BCUT2D eigenvalue weighted by Crippen LogP contribution is -2.37. The second-order valence-corrected chi connectivity index (χ2v) is 6.06. The van der Waals surface area contributed by atoms with Gasteiger partial charge in [-0.25, -0.2) is 4.99 Å². The lowest BCUT2D eigenvalue weighted by molar-refractivity contribution is 0.579. The van der Waals surface area contributed by atoms with Crippen LogP contribution in [-0.2, 0) is 13.0 Å². The van der Waals surface area contributed by atoms with E-state index >= 15 is 0 Å². The summed E-state index contributed by atoms with van der Waals surface area (Å²) in [5.41, 5.74) is 3.74. The first-order chi connectivity index (χ1) is 11.7. The number of para-hydroxylation sites is 1. The van der Waals surface area contributed by atoms with E-state index in [-0.39, 0.29) is 24.0 Å². The van der Waals surface area contributed by atoms with E-state index in [9.17, 15) is 0 Å². The molecule has 0 unspecified atom stereocenters. The highest BCUT2D eigenvalue weighted by atomic mass is 127. The van der Waals surface area contributed by atoms with E-state index < -0.39 is 0 Å². The van der Waals surface area contributed by atoms with Crippen LogP contribution in [0.3, 0.4) is 0 Å². The van der Waals surface area contributed by atoms with Crippen LogP contribution in [-0.4, -0.2) is 36.5 Å². The first-order valence-corrected chi connectivity index (χ1v) is 8.28. The molecule has 1 heterocycles. The van der Waals surface area contributed by atoms with Crippen molar-refractivity contribution in [2.24, 2.45) is 4.99 Å². The van der Waals surface area contributed by atoms with Crippen molar-refractivity contribution >= 4 is 40.8 Å². The molecule has 132 valence electrons. The number of nitrogens with zero attached hydrogens (tertiary/aromatic N) is 2. The molecule has 0 atom stereocenters. The van der Waals surface area contributed by atoms with Crippen molar-refractivity contribution < 1.29 is 0 Å². The van der Waals surface area contributed by atoms with Gasteiger partial charge in [-0.3, -0.25) is 0 Å². The molecule has 0 spiro atoms. The molecule has 0 aliphatic heterocycles. The summed E-state index contributed by atoms with van der Waals surface area (Å²) in [4.78, 5) is 10.1. The molecule has 0 saturated heterocycles. The van der Waals surface area contributed by atoms with Gasteiger partial charge in [-0.1, -0.05) is 48.5 Å². The van der Waals surface area contributed by atoms with Gasteiger partial charge in [-0.15, -0.1) is 24.0 Å². The molecule has 3 aromatic rings. The molecular formula is C20H25IN4. The Kier molecular flexibility index (Phi) is 7.31. The van der Waals surface area contributed by atoms with Gasteiger partial charge in [0.2, 0.25) is 0 Å². The summed E-state index contributed by atoms with van der Waals surface area (Å²) < 4.78 is 0. The van der Waals surface area contributed by atoms with Gasteiger partial charge in [-0.05, 0) is 23.6 Å². The summed E-state index contributed by atoms with van der Waals surface area (Å²) in [7, 11) is 4.03. The summed E-state index contributed by atoms with van der Waals surface area (Å²) in [6.07, 6.45) is 3.06. The van der Waals surface area contributed by atoms with Crippen molar-refractivity contribution in [3.8, 4) is 0 Å². The largest absolute Gasteiger partial charge is 0.361 e. The predicted molar refractivity (Wildman–Crippen MR) is 117 cm³/mol. The van der Waals surface area contributed by atoms with Gasteiger partial charge in [0.25, 0.3) is 0 Å². The number of halogens is 1. The van der Waals surface area contributed by atoms with Gasteiger partial charge >= 0.3 is 0 Å². The quantitative estimate of drug-likeness (QED) is 0.352. The average molecular weight is 448 g/mol. The lowest BCUT2D eigenvalue weighted by Gasteiger charge is -2.17. The standard InChI is InChI=1S/C20H24N4.HI/c1-24(2)20(23-14-16-8-4-3-5-9-16)21-13-12-17-15-22-19-11-7-6-10-18(17)19;/h3-11,15,22H,12-14H2,1-2H3,(H,21,23);1H. The molecule has 0 radical (unpaired) electrons. The number of hydrogen-bond donors (Lipinski definition) is 2. The van der Waals surface area contributed by atoms with Gasteiger partial charge in [0.1, 0.15) is 0 Å². The molecule has 0 aliphatic rings. The molecule has 0 saturated carbocycles. The highest BCUT2D eigenvalue weighted by Gasteiger charge is 2.05. The van der Waals surface area contributed by atoms with E-state index in [1.54, 1.807) is 0 Å². The highest BCUT2D eigenvalue weighted by Crippen LogP contribution is 2.17. The third-order valence-electron chi connectivity index (χ3n) is 4.03. The van der Waals surface area contributed by atoms with Crippen LogP contribution in [0.2, 0.25) is 0 Å². The molecule has 3 rings (SSSR count). The summed E-state index contributed by atoms with van der Waals surface area (Å²) in [6.45, 7) is 1.54. The van der Waals surface area contributed by atoms with E-state index in [0.717, 1.165) is 18.9 Å². The Morgan fingerprint density at radius 3 is 2.52 bits per heavy atom. The second-order valence-electron chi connectivity index (χ2n) is 6.06. The Bertz CT molecular complexity index is 809. The minimum absolute atomic E-state index is 0. The molecule has 4 nitrogen and oxygen atoms in total. The van der Waals surface area contributed by atoms with E-state index in [1.165, 1.54) is 22.0 Å². The number of fused-ring (bicyclic) bond motifs is 1. The van der Waals surface area contributed by atoms with Crippen molar-refractivity contribution in [2.75, 3.05) is 20.6 Å². The lowest BCUT2D eigenvalue weighted by atomic mass is 10.1. The molecular weight excluding hydrogens is 423 g/mol. The maximum Gasteiger partial charge on any atom is 0.193 e. The smallest absolute Gasteiger partial charge is 0.193 e. The van der Waals surface area contributed by atoms with Crippen molar-refractivity contribution in [3.05, 3.63) is 71.9 Å². The number of nitrogens with one attached hydrogen (secondary N) is 2. The van der Waals surface area contributed by atoms with Crippen molar-refractivity contribution in [3.63, 3.8) is 0 Å². The zero-order chi connectivity index (χ0) is 16.8. The SMILES string of the molecule is CN(C)C(=NCc1ccccc1)NCCc1c[nH]c2ccccc12.I. The predicted octanol–water partition coefficient (Wildman–Crippen LogP) is 4.04. The van der Waals surface area contributed by atoms with E-state index in [4.69, 9.17) is 4.99 Å². The highest BCUT2D eigenvalue weighted by molar-refractivity contribution is 14.0.